The summed E-state index contributed by atoms with van der Waals surface area (Å²) in [5.41, 5.74) is 0. The Morgan fingerprint density at radius 1 is 1.24 bits per heavy atom. The molecule has 1 saturated carbocycles. The van der Waals surface area contributed by atoms with Gasteiger partial charge in [-0.1, -0.05) is 19.3 Å². The summed E-state index contributed by atoms with van der Waals surface area (Å²) in [5.74, 6) is 4.68. The number of hydrogen-bond donors (Lipinski definition) is 1. The van der Waals surface area contributed by atoms with E-state index < -0.39 is 0 Å². The Bertz CT molecular complexity index is 265. The van der Waals surface area contributed by atoms with Crippen LogP contribution < -0.4 is 5.32 Å². The lowest BCUT2D eigenvalue weighted by atomic mass is 9.90. The van der Waals surface area contributed by atoms with Crippen molar-refractivity contribution in [3.8, 4) is 12.3 Å². The molecule has 1 heterocycles. The summed E-state index contributed by atoms with van der Waals surface area (Å²) in [5, 5.41) is 3.66. The van der Waals surface area contributed by atoms with Gasteiger partial charge in [0.2, 0.25) is 0 Å². The molecule has 2 heteroatoms. The quantitative estimate of drug-likeness (QED) is 0.708. The van der Waals surface area contributed by atoms with Gasteiger partial charge in [-0.05, 0) is 44.1 Å². The number of nitrogens with one attached hydrogen (secondary N) is 1. The molecule has 0 aromatic carbocycles. The molecule has 2 nitrogen and oxygen atoms in total. The molecular formula is C15H26N2. The second kappa shape index (κ2) is 6.42. The minimum atomic E-state index is 0.667. The van der Waals surface area contributed by atoms with Crippen molar-refractivity contribution in [2.75, 3.05) is 26.2 Å². The topological polar surface area (TPSA) is 15.3 Å². The fourth-order valence-corrected chi connectivity index (χ4v) is 2.91. The number of nitrogens with zero attached hydrogens (tertiary/aromatic N) is 1. The Balaban J connectivity index is 1.77. The molecule has 0 aromatic rings. The Morgan fingerprint density at radius 3 is 2.71 bits per heavy atom. The molecule has 1 saturated heterocycles. The van der Waals surface area contributed by atoms with Crippen molar-refractivity contribution in [2.45, 2.75) is 45.1 Å². The van der Waals surface area contributed by atoms with Crippen molar-refractivity contribution < 1.29 is 0 Å². The zero-order valence-electron chi connectivity index (χ0n) is 11.1. The van der Waals surface area contributed by atoms with Gasteiger partial charge in [0.25, 0.3) is 0 Å². The van der Waals surface area contributed by atoms with Crippen LogP contribution in [0.5, 0.6) is 0 Å². The van der Waals surface area contributed by atoms with Gasteiger partial charge in [-0.15, -0.1) is 6.42 Å². The molecule has 1 N–H and O–H groups in total. The number of hydrogen-bond acceptors (Lipinski definition) is 2. The van der Waals surface area contributed by atoms with Gasteiger partial charge in [0.05, 0.1) is 6.54 Å². The molecule has 2 fully saturated rings. The molecule has 96 valence electrons. The van der Waals surface area contributed by atoms with E-state index in [2.05, 4.69) is 23.1 Å². The molecule has 17 heavy (non-hydrogen) atoms. The summed E-state index contributed by atoms with van der Waals surface area (Å²) in [4.78, 5) is 2.48. The molecule has 1 aliphatic carbocycles. The first-order chi connectivity index (χ1) is 8.31. The Labute approximate surface area is 106 Å². The van der Waals surface area contributed by atoms with Gasteiger partial charge >= 0.3 is 0 Å². The third kappa shape index (κ3) is 4.33. The number of terminal acetylenes is 1. The molecule has 0 aromatic heterocycles. The summed E-state index contributed by atoms with van der Waals surface area (Å²) in [6, 6.07) is 0.667. The first-order valence-electron chi connectivity index (χ1n) is 7.21. The fraction of sp³-hybridized carbons (Fsp3) is 0.867. The van der Waals surface area contributed by atoms with Crippen LogP contribution in [-0.2, 0) is 0 Å². The minimum Gasteiger partial charge on any atom is -0.313 e. The van der Waals surface area contributed by atoms with E-state index in [4.69, 9.17) is 6.42 Å². The predicted octanol–water partition coefficient (Wildman–Crippen LogP) is 2.11. The molecule has 0 spiro atoms. The summed E-state index contributed by atoms with van der Waals surface area (Å²) >= 11 is 0. The first kappa shape index (κ1) is 12.9. The maximum atomic E-state index is 5.47. The number of piperidine rings is 1. The summed E-state index contributed by atoms with van der Waals surface area (Å²) in [7, 11) is 0. The van der Waals surface area contributed by atoms with Crippen LogP contribution in [0, 0.1) is 24.2 Å². The SMILES string of the molecule is C#CCN(CC1CC1)CC1CC(CC)CCN1. The third-order valence-corrected chi connectivity index (χ3v) is 4.19. The van der Waals surface area contributed by atoms with E-state index in [-0.39, 0.29) is 0 Å². The zero-order valence-corrected chi connectivity index (χ0v) is 11.1. The van der Waals surface area contributed by atoms with Crippen molar-refractivity contribution in [1.29, 1.82) is 0 Å². The molecule has 2 atom stereocenters. The fourth-order valence-electron chi connectivity index (χ4n) is 2.91. The van der Waals surface area contributed by atoms with Crippen molar-refractivity contribution >= 4 is 0 Å². The third-order valence-electron chi connectivity index (χ3n) is 4.19. The van der Waals surface area contributed by atoms with E-state index >= 15 is 0 Å². The Kier molecular flexibility index (Phi) is 4.88. The van der Waals surface area contributed by atoms with E-state index in [1.54, 1.807) is 0 Å². The Morgan fingerprint density at radius 2 is 2.06 bits per heavy atom. The zero-order chi connectivity index (χ0) is 12.1. The molecule has 2 rings (SSSR count). The van der Waals surface area contributed by atoms with Crippen molar-refractivity contribution in [3.05, 3.63) is 0 Å². The van der Waals surface area contributed by atoms with Gasteiger partial charge in [-0.2, -0.15) is 0 Å². The second-order valence-electron chi connectivity index (χ2n) is 5.79. The average molecular weight is 234 g/mol. The van der Waals surface area contributed by atoms with Crippen LogP contribution in [0.3, 0.4) is 0 Å². The highest BCUT2D eigenvalue weighted by atomic mass is 15.2. The van der Waals surface area contributed by atoms with Gasteiger partial charge in [0.15, 0.2) is 0 Å². The lowest BCUT2D eigenvalue weighted by Gasteiger charge is -2.33. The maximum absolute atomic E-state index is 5.47. The monoisotopic (exact) mass is 234 g/mol. The van der Waals surface area contributed by atoms with Gasteiger partial charge in [-0.3, -0.25) is 4.90 Å². The number of rotatable bonds is 6. The molecule has 2 aliphatic rings. The van der Waals surface area contributed by atoms with E-state index in [1.807, 2.05) is 0 Å². The second-order valence-corrected chi connectivity index (χ2v) is 5.79. The smallest absolute Gasteiger partial charge is 0.0599 e. The highest BCUT2D eigenvalue weighted by Gasteiger charge is 2.27. The van der Waals surface area contributed by atoms with Crippen LogP contribution in [0.4, 0.5) is 0 Å². The van der Waals surface area contributed by atoms with Crippen LogP contribution >= 0.6 is 0 Å². The molecule has 2 unspecified atom stereocenters. The molecule has 0 amide bonds. The lowest BCUT2D eigenvalue weighted by molar-refractivity contribution is 0.209. The van der Waals surface area contributed by atoms with Gasteiger partial charge in [-0.25, -0.2) is 0 Å². The standard InChI is InChI=1S/C15H26N2/c1-3-9-17(11-14-5-6-14)12-15-10-13(4-2)7-8-16-15/h1,13-16H,4-12H2,2H3. The van der Waals surface area contributed by atoms with Gasteiger partial charge < -0.3 is 5.32 Å². The van der Waals surface area contributed by atoms with E-state index in [0.29, 0.717) is 6.04 Å². The molecule has 0 bridgehead atoms. The lowest BCUT2D eigenvalue weighted by Crippen LogP contribution is -2.46. The van der Waals surface area contributed by atoms with Crippen molar-refractivity contribution in [2.24, 2.45) is 11.8 Å². The van der Waals surface area contributed by atoms with Crippen LogP contribution in [0.1, 0.15) is 39.0 Å². The average Bonchev–Trinajstić information content (AvgIpc) is 3.13. The normalized spacial score (nSPS) is 29.2. The molecule has 0 radical (unpaired) electrons. The molecular weight excluding hydrogens is 208 g/mol. The minimum absolute atomic E-state index is 0.667. The Hall–Kier alpha value is -0.520. The van der Waals surface area contributed by atoms with Crippen molar-refractivity contribution in [3.63, 3.8) is 0 Å². The summed E-state index contributed by atoms with van der Waals surface area (Å²) < 4.78 is 0. The maximum Gasteiger partial charge on any atom is 0.0599 e. The summed E-state index contributed by atoms with van der Waals surface area (Å²) in [6.45, 7) is 6.70. The van der Waals surface area contributed by atoms with Crippen LogP contribution in [0.15, 0.2) is 0 Å². The van der Waals surface area contributed by atoms with E-state index in [0.717, 1.165) is 24.9 Å². The predicted molar refractivity (Wildman–Crippen MR) is 72.8 cm³/mol. The highest BCUT2D eigenvalue weighted by molar-refractivity contribution is 4.92. The highest BCUT2D eigenvalue weighted by Crippen LogP contribution is 2.30. The van der Waals surface area contributed by atoms with Gasteiger partial charge in [0, 0.05) is 19.1 Å². The van der Waals surface area contributed by atoms with Crippen molar-refractivity contribution in [1.82, 2.24) is 10.2 Å². The molecule has 1 aliphatic heterocycles. The van der Waals surface area contributed by atoms with E-state index in [1.165, 1.54) is 45.2 Å². The van der Waals surface area contributed by atoms with E-state index in [9.17, 15) is 0 Å². The van der Waals surface area contributed by atoms with Gasteiger partial charge in [0.1, 0.15) is 0 Å². The van der Waals surface area contributed by atoms with Crippen LogP contribution in [0.25, 0.3) is 0 Å². The van der Waals surface area contributed by atoms with Crippen LogP contribution in [-0.4, -0.2) is 37.1 Å². The summed E-state index contributed by atoms with van der Waals surface area (Å²) in [6.07, 6.45) is 12.3. The largest absolute Gasteiger partial charge is 0.313 e. The first-order valence-corrected chi connectivity index (χ1v) is 7.21. The van der Waals surface area contributed by atoms with Crippen LogP contribution in [0.2, 0.25) is 0 Å².